The van der Waals surface area contributed by atoms with E-state index in [0.29, 0.717) is 0 Å². The Morgan fingerprint density at radius 3 is 2.43 bits per heavy atom. The number of allylic oxidation sites excluding steroid dienone is 1. The highest BCUT2D eigenvalue weighted by atomic mass is 16.2. The molecule has 4 rings (SSSR count). The summed E-state index contributed by atoms with van der Waals surface area (Å²) in [6.07, 6.45) is 6.54. The number of ketones is 2. The number of nitrogens with zero attached hydrogens (tertiary/aromatic N) is 3. The first-order valence-electron chi connectivity index (χ1n) is 7.94. The molecule has 0 atom stereocenters. The fraction of sp³-hybridized carbons (Fsp3) is 0.278. The van der Waals surface area contributed by atoms with E-state index in [9.17, 15) is 9.59 Å². The van der Waals surface area contributed by atoms with Gasteiger partial charge in [-0.15, -0.1) is 0 Å². The number of carbonyl (C=O) groups excluding carboxylic acids is 2. The lowest BCUT2D eigenvalue weighted by Gasteiger charge is -2.32. The van der Waals surface area contributed by atoms with Crippen LogP contribution in [0.15, 0.2) is 42.7 Å². The van der Waals surface area contributed by atoms with Crippen LogP contribution in [0.1, 0.15) is 35.4 Å². The molecule has 5 nitrogen and oxygen atoms in total. The van der Waals surface area contributed by atoms with Gasteiger partial charge < -0.3 is 4.90 Å². The van der Waals surface area contributed by atoms with Gasteiger partial charge in [-0.3, -0.25) is 14.2 Å². The van der Waals surface area contributed by atoms with Crippen molar-refractivity contribution >= 4 is 17.3 Å². The molecular weight excluding hydrogens is 290 g/mol. The lowest BCUT2D eigenvalue weighted by molar-refractivity contribution is -0.111. The second-order valence-electron chi connectivity index (χ2n) is 5.92. The minimum absolute atomic E-state index is 0.266. The Labute approximate surface area is 134 Å². The Hall–Kier alpha value is -2.69. The van der Waals surface area contributed by atoms with Gasteiger partial charge in [0.05, 0.1) is 5.70 Å². The van der Waals surface area contributed by atoms with E-state index in [1.807, 2.05) is 34.9 Å². The van der Waals surface area contributed by atoms with Crippen molar-refractivity contribution in [3.05, 3.63) is 54.1 Å². The van der Waals surface area contributed by atoms with E-state index >= 15 is 0 Å². The van der Waals surface area contributed by atoms with E-state index in [4.69, 9.17) is 0 Å². The van der Waals surface area contributed by atoms with Crippen molar-refractivity contribution in [1.29, 1.82) is 0 Å². The molecule has 23 heavy (non-hydrogen) atoms. The van der Waals surface area contributed by atoms with Gasteiger partial charge in [0.2, 0.25) is 5.78 Å². The van der Waals surface area contributed by atoms with Crippen LogP contribution >= 0.6 is 0 Å². The van der Waals surface area contributed by atoms with Gasteiger partial charge in [-0.25, -0.2) is 4.98 Å². The largest absolute Gasteiger partial charge is 0.370 e. The number of likely N-dealkylation sites (tertiary alicyclic amines) is 1. The molecule has 2 heterocycles. The molecule has 0 bridgehead atoms. The summed E-state index contributed by atoms with van der Waals surface area (Å²) in [4.78, 5) is 30.7. The summed E-state index contributed by atoms with van der Waals surface area (Å²) in [5, 5.41) is 0. The van der Waals surface area contributed by atoms with E-state index in [2.05, 4.69) is 9.88 Å². The van der Waals surface area contributed by atoms with Crippen LogP contribution in [0.25, 0.3) is 11.4 Å². The number of Topliss-reactive ketones (excluding diaryl/α,β-unsaturated/α-hetero) is 1. The van der Waals surface area contributed by atoms with Crippen molar-refractivity contribution < 1.29 is 9.59 Å². The number of hydrogen-bond acceptors (Lipinski definition) is 4. The number of rotatable bonds is 2. The number of piperidine rings is 1. The van der Waals surface area contributed by atoms with Crippen molar-refractivity contribution in [2.24, 2.45) is 0 Å². The van der Waals surface area contributed by atoms with Crippen LogP contribution in [-0.4, -0.2) is 39.1 Å². The van der Waals surface area contributed by atoms with Gasteiger partial charge in [-0.1, -0.05) is 18.2 Å². The van der Waals surface area contributed by atoms with Crippen molar-refractivity contribution in [3.63, 3.8) is 0 Å². The molecule has 116 valence electrons. The average molecular weight is 307 g/mol. The smallest absolute Gasteiger partial charge is 0.253 e. The van der Waals surface area contributed by atoms with E-state index in [0.717, 1.165) is 43.0 Å². The van der Waals surface area contributed by atoms with Crippen molar-refractivity contribution in [2.75, 3.05) is 13.1 Å². The third-order valence-corrected chi connectivity index (χ3v) is 4.45. The number of fused-ring (bicyclic) bond motifs is 1. The monoisotopic (exact) mass is 307 g/mol. The van der Waals surface area contributed by atoms with Gasteiger partial charge >= 0.3 is 0 Å². The van der Waals surface area contributed by atoms with Gasteiger partial charge in [0.15, 0.2) is 0 Å². The Bertz CT molecular complexity index is 799. The lowest BCUT2D eigenvalue weighted by Crippen LogP contribution is -2.33. The van der Waals surface area contributed by atoms with Gasteiger partial charge in [0.25, 0.3) is 5.78 Å². The van der Waals surface area contributed by atoms with Gasteiger partial charge in [0, 0.05) is 24.9 Å². The number of imidazole rings is 1. The molecule has 1 saturated heterocycles. The molecule has 1 aromatic heterocycles. The van der Waals surface area contributed by atoms with Crippen LogP contribution < -0.4 is 0 Å². The van der Waals surface area contributed by atoms with Crippen LogP contribution in [0, 0.1) is 0 Å². The van der Waals surface area contributed by atoms with E-state index in [1.165, 1.54) is 12.5 Å². The maximum Gasteiger partial charge on any atom is 0.253 e. The quantitative estimate of drug-likeness (QED) is 0.800. The molecule has 0 spiro atoms. The van der Waals surface area contributed by atoms with E-state index < -0.39 is 11.6 Å². The third kappa shape index (κ3) is 2.29. The molecule has 0 radical (unpaired) electrons. The Morgan fingerprint density at radius 2 is 1.70 bits per heavy atom. The number of hydrogen-bond donors (Lipinski definition) is 0. The molecule has 0 amide bonds. The fourth-order valence-corrected chi connectivity index (χ4v) is 3.29. The zero-order valence-electron chi connectivity index (χ0n) is 12.7. The summed E-state index contributed by atoms with van der Waals surface area (Å²) >= 11 is 0. The molecule has 5 heteroatoms. The second-order valence-corrected chi connectivity index (χ2v) is 5.92. The summed E-state index contributed by atoms with van der Waals surface area (Å²) < 4.78 is 1.90. The first kappa shape index (κ1) is 13.9. The number of carbonyl (C=O) groups is 2. The minimum atomic E-state index is -0.518. The van der Waals surface area contributed by atoms with Gasteiger partial charge in [-0.05, 0) is 31.4 Å². The summed E-state index contributed by atoms with van der Waals surface area (Å²) in [6, 6.07) is 9.78. The molecule has 1 aliphatic heterocycles. The fourth-order valence-electron chi connectivity index (χ4n) is 3.29. The van der Waals surface area contributed by atoms with Gasteiger partial charge in [-0.2, -0.15) is 0 Å². The normalized spacial score (nSPS) is 17.9. The predicted molar refractivity (Wildman–Crippen MR) is 86.3 cm³/mol. The van der Waals surface area contributed by atoms with Crippen LogP contribution in [0.5, 0.6) is 0 Å². The number of aromatic nitrogens is 2. The Balaban J connectivity index is 1.87. The highest BCUT2D eigenvalue weighted by Crippen LogP contribution is 2.31. The number of benzene rings is 1. The SMILES string of the molecule is O=C1C=C(N2CCCCC2)c2c(ncn2-c2ccccc2)C1=O. The molecule has 0 N–H and O–H groups in total. The molecule has 1 aliphatic carbocycles. The number of para-hydroxylation sites is 1. The minimum Gasteiger partial charge on any atom is -0.370 e. The van der Waals surface area contributed by atoms with Crippen LogP contribution in [-0.2, 0) is 4.79 Å². The highest BCUT2D eigenvalue weighted by Gasteiger charge is 2.33. The predicted octanol–water partition coefficient (Wildman–Crippen LogP) is 2.46. The highest BCUT2D eigenvalue weighted by molar-refractivity contribution is 6.50. The molecular formula is C18H17N3O2. The molecule has 2 aromatic rings. The lowest BCUT2D eigenvalue weighted by atomic mass is 9.99. The summed E-state index contributed by atoms with van der Waals surface area (Å²) in [6.45, 7) is 1.82. The van der Waals surface area contributed by atoms with Crippen LogP contribution in [0.2, 0.25) is 0 Å². The van der Waals surface area contributed by atoms with Crippen LogP contribution in [0.4, 0.5) is 0 Å². The van der Waals surface area contributed by atoms with E-state index in [-0.39, 0.29) is 5.69 Å². The van der Waals surface area contributed by atoms with Crippen molar-refractivity contribution in [2.45, 2.75) is 19.3 Å². The maximum atomic E-state index is 12.2. The summed E-state index contributed by atoms with van der Waals surface area (Å²) in [7, 11) is 0. The van der Waals surface area contributed by atoms with E-state index in [1.54, 1.807) is 6.33 Å². The van der Waals surface area contributed by atoms with Gasteiger partial charge in [0.1, 0.15) is 17.7 Å². The summed E-state index contributed by atoms with van der Waals surface area (Å²) in [5.74, 6) is -0.994. The molecule has 0 saturated carbocycles. The van der Waals surface area contributed by atoms with Crippen molar-refractivity contribution in [1.82, 2.24) is 14.5 Å². The standard InChI is InChI=1S/C18H17N3O2/c22-15-11-14(20-9-5-2-6-10-20)17-16(18(15)23)19-12-21(17)13-7-3-1-4-8-13/h1,3-4,7-8,11-12H,2,5-6,9-10H2. The zero-order chi connectivity index (χ0) is 15.8. The first-order valence-corrected chi connectivity index (χ1v) is 7.94. The molecule has 2 aliphatic rings. The van der Waals surface area contributed by atoms with Crippen molar-refractivity contribution in [3.8, 4) is 5.69 Å². The first-order chi connectivity index (χ1) is 11.3. The zero-order valence-corrected chi connectivity index (χ0v) is 12.7. The Morgan fingerprint density at radius 1 is 0.957 bits per heavy atom. The molecule has 0 unspecified atom stereocenters. The Kier molecular flexibility index (Phi) is 3.33. The molecule has 1 fully saturated rings. The average Bonchev–Trinajstić information content (AvgIpc) is 3.05. The maximum absolute atomic E-state index is 12.2. The van der Waals surface area contributed by atoms with Crippen LogP contribution in [0.3, 0.4) is 0 Å². The molecule has 1 aromatic carbocycles. The third-order valence-electron chi connectivity index (χ3n) is 4.45. The topological polar surface area (TPSA) is 55.2 Å². The summed E-state index contributed by atoms with van der Waals surface area (Å²) in [5.41, 5.74) is 2.77. The second kappa shape index (κ2) is 5.50.